The van der Waals surface area contributed by atoms with Crippen molar-refractivity contribution in [1.29, 1.82) is 0 Å². The normalized spacial score (nSPS) is 11.6. The number of hydrogen-bond donors (Lipinski definition) is 0. The van der Waals surface area contributed by atoms with Gasteiger partial charge in [0, 0.05) is 12.6 Å². The number of rotatable bonds is 9. The summed E-state index contributed by atoms with van der Waals surface area (Å²) < 4.78 is 41.0. The standard InChI is InChI=1S/C22H24FN3O3S2/c1-4-11-25(21(27)20-6-5-12-30-20)14-19-13-24-22(26(19)16(2)3)31(28,29)15-17-7-9-18(23)10-8-17/h4-10,12-13,16H,1,11,14-15H2,2-3H3. The molecule has 2 aromatic heterocycles. The highest BCUT2D eigenvalue weighted by Crippen LogP contribution is 2.24. The van der Waals surface area contributed by atoms with Crippen molar-refractivity contribution in [1.82, 2.24) is 14.5 Å². The van der Waals surface area contributed by atoms with Crippen LogP contribution < -0.4 is 0 Å². The van der Waals surface area contributed by atoms with Gasteiger partial charge >= 0.3 is 0 Å². The molecule has 0 aliphatic rings. The van der Waals surface area contributed by atoms with E-state index < -0.39 is 15.7 Å². The highest BCUT2D eigenvalue weighted by molar-refractivity contribution is 7.90. The van der Waals surface area contributed by atoms with Crippen molar-refractivity contribution in [3.63, 3.8) is 0 Å². The van der Waals surface area contributed by atoms with Gasteiger partial charge in [-0.15, -0.1) is 17.9 Å². The quantitative estimate of drug-likeness (QED) is 0.441. The minimum absolute atomic E-state index is 0.0658. The van der Waals surface area contributed by atoms with E-state index in [9.17, 15) is 17.6 Å². The van der Waals surface area contributed by atoms with Crippen LogP contribution in [0.15, 0.2) is 65.8 Å². The molecule has 0 atom stereocenters. The molecule has 1 amide bonds. The van der Waals surface area contributed by atoms with Crippen molar-refractivity contribution >= 4 is 27.1 Å². The van der Waals surface area contributed by atoms with Gasteiger partial charge in [0.05, 0.1) is 29.1 Å². The van der Waals surface area contributed by atoms with Gasteiger partial charge in [0.2, 0.25) is 15.0 Å². The van der Waals surface area contributed by atoms with Gasteiger partial charge in [-0.1, -0.05) is 24.3 Å². The highest BCUT2D eigenvalue weighted by atomic mass is 32.2. The Kier molecular flexibility index (Phi) is 7.07. The smallest absolute Gasteiger partial charge is 0.264 e. The first-order valence-electron chi connectivity index (χ1n) is 9.70. The fourth-order valence-corrected chi connectivity index (χ4v) is 5.56. The second-order valence-electron chi connectivity index (χ2n) is 7.33. The molecule has 0 N–H and O–H groups in total. The molecule has 0 aliphatic heterocycles. The molecule has 31 heavy (non-hydrogen) atoms. The Morgan fingerprint density at radius 1 is 1.29 bits per heavy atom. The summed E-state index contributed by atoms with van der Waals surface area (Å²) in [6, 6.07) is 8.72. The number of amides is 1. The first kappa shape index (κ1) is 22.9. The summed E-state index contributed by atoms with van der Waals surface area (Å²) >= 11 is 1.35. The van der Waals surface area contributed by atoms with E-state index in [-0.39, 0.29) is 29.4 Å². The van der Waals surface area contributed by atoms with Crippen molar-refractivity contribution in [2.24, 2.45) is 0 Å². The molecule has 3 rings (SSSR count). The molecule has 6 nitrogen and oxygen atoms in total. The zero-order valence-corrected chi connectivity index (χ0v) is 19.0. The molecule has 0 spiro atoms. The number of benzene rings is 1. The molecule has 0 radical (unpaired) electrons. The molecule has 3 aromatic rings. The SMILES string of the molecule is C=CCN(Cc1cnc(S(=O)(=O)Cc2ccc(F)cc2)n1C(C)C)C(=O)c1cccs1. The predicted molar refractivity (Wildman–Crippen MR) is 119 cm³/mol. The van der Waals surface area contributed by atoms with Gasteiger partial charge in [-0.2, -0.15) is 0 Å². The maximum absolute atomic E-state index is 13.2. The van der Waals surface area contributed by atoms with Crippen LogP contribution in [0.3, 0.4) is 0 Å². The lowest BCUT2D eigenvalue weighted by Crippen LogP contribution is -2.31. The van der Waals surface area contributed by atoms with Crippen molar-refractivity contribution in [2.75, 3.05) is 6.54 Å². The van der Waals surface area contributed by atoms with Crippen molar-refractivity contribution in [3.8, 4) is 0 Å². The van der Waals surface area contributed by atoms with E-state index in [1.807, 2.05) is 25.3 Å². The molecule has 9 heteroatoms. The topological polar surface area (TPSA) is 72.3 Å². The fourth-order valence-electron chi connectivity index (χ4n) is 3.27. The lowest BCUT2D eigenvalue weighted by Gasteiger charge is -2.23. The first-order chi connectivity index (χ1) is 14.7. The van der Waals surface area contributed by atoms with Gasteiger partial charge in [-0.05, 0) is 43.0 Å². The average Bonchev–Trinajstić information content (AvgIpc) is 3.39. The van der Waals surface area contributed by atoms with Crippen molar-refractivity contribution < 1.29 is 17.6 Å². The molecule has 1 aromatic carbocycles. The Bertz CT molecular complexity index is 1150. The number of imidazole rings is 1. The molecule has 2 heterocycles. The maximum atomic E-state index is 13.2. The lowest BCUT2D eigenvalue weighted by atomic mass is 10.2. The summed E-state index contributed by atoms with van der Waals surface area (Å²) in [6.45, 7) is 7.96. The Morgan fingerprint density at radius 2 is 2.00 bits per heavy atom. The summed E-state index contributed by atoms with van der Waals surface area (Å²) in [6.07, 6.45) is 3.13. The van der Waals surface area contributed by atoms with Gasteiger partial charge in [-0.3, -0.25) is 4.79 Å². The summed E-state index contributed by atoms with van der Waals surface area (Å²) in [5.74, 6) is -0.868. The summed E-state index contributed by atoms with van der Waals surface area (Å²) in [7, 11) is -3.78. The number of nitrogens with zero attached hydrogens (tertiary/aromatic N) is 3. The number of hydrogen-bond acceptors (Lipinski definition) is 5. The molecule has 0 bridgehead atoms. The van der Waals surface area contributed by atoms with Gasteiger partial charge in [-0.25, -0.2) is 17.8 Å². The van der Waals surface area contributed by atoms with Gasteiger partial charge < -0.3 is 9.47 Å². The van der Waals surface area contributed by atoms with Gasteiger partial charge in [0.25, 0.3) is 5.91 Å². The highest BCUT2D eigenvalue weighted by Gasteiger charge is 2.27. The van der Waals surface area contributed by atoms with Crippen LogP contribution in [-0.2, 0) is 22.1 Å². The zero-order valence-electron chi connectivity index (χ0n) is 17.4. The number of sulfone groups is 1. The molecule has 0 saturated carbocycles. The van der Waals surface area contributed by atoms with E-state index in [0.717, 1.165) is 0 Å². The Labute approximate surface area is 185 Å². The van der Waals surface area contributed by atoms with E-state index in [1.54, 1.807) is 21.6 Å². The fraction of sp³-hybridized carbons (Fsp3) is 0.273. The number of halogens is 1. The monoisotopic (exact) mass is 461 g/mol. The van der Waals surface area contributed by atoms with Crippen LogP contribution in [0.25, 0.3) is 0 Å². The van der Waals surface area contributed by atoms with Crippen LogP contribution >= 0.6 is 11.3 Å². The largest absolute Gasteiger partial charge is 0.328 e. The average molecular weight is 462 g/mol. The summed E-state index contributed by atoms with van der Waals surface area (Å²) in [4.78, 5) is 19.3. The van der Waals surface area contributed by atoms with Crippen LogP contribution in [0.5, 0.6) is 0 Å². The van der Waals surface area contributed by atoms with Crippen LogP contribution in [0.1, 0.15) is 40.8 Å². The third-order valence-electron chi connectivity index (χ3n) is 4.63. The third kappa shape index (κ3) is 5.29. The second-order valence-corrected chi connectivity index (χ2v) is 10.2. The Morgan fingerprint density at radius 3 is 2.58 bits per heavy atom. The number of aromatic nitrogens is 2. The maximum Gasteiger partial charge on any atom is 0.264 e. The van der Waals surface area contributed by atoms with E-state index >= 15 is 0 Å². The minimum Gasteiger partial charge on any atom is -0.328 e. The molecular weight excluding hydrogens is 437 g/mol. The van der Waals surface area contributed by atoms with Gasteiger partial charge in [0.15, 0.2) is 0 Å². The van der Waals surface area contributed by atoms with Crippen molar-refractivity contribution in [2.45, 2.75) is 37.3 Å². The van der Waals surface area contributed by atoms with Crippen LogP contribution in [-0.4, -0.2) is 35.3 Å². The first-order valence-corrected chi connectivity index (χ1v) is 12.2. The second kappa shape index (κ2) is 9.57. The van der Waals surface area contributed by atoms with E-state index in [1.165, 1.54) is 41.8 Å². The Hall–Kier alpha value is -2.78. The number of thiophene rings is 1. The molecule has 0 saturated heterocycles. The van der Waals surface area contributed by atoms with E-state index in [4.69, 9.17) is 0 Å². The Balaban J connectivity index is 1.92. The molecule has 0 aliphatic carbocycles. The lowest BCUT2D eigenvalue weighted by molar-refractivity contribution is 0.0763. The molecule has 164 valence electrons. The number of carbonyl (C=O) groups excluding carboxylic acids is 1. The predicted octanol–water partition coefficient (Wildman–Crippen LogP) is 4.47. The third-order valence-corrected chi connectivity index (χ3v) is 7.06. The van der Waals surface area contributed by atoms with E-state index in [2.05, 4.69) is 11.6 Å². The molecular formula is C22H24FN3O3S2. The summed E-state index contributed by atoms with van der Waals surface area (Å²) in [5, 5.41) is 1.77. The van der Waals surface area contributed by atoms with E-state index in [0.29, 0.717) is 22.7 Å². The molecule has 0 fully saturated rings. The molecule has 0 unspecified atom stereocenters. The zero-order chi connectivity index (χ0) is 22.6. The number of carbonyl (C=O) groups is 1. The minimum atomic E-state index is -3.78. The van der Waals surface area contributed by atoms with Crippen LogP contribution in [0.4, 0.5) is 4.39 Å². The van der Waals surface area contributed by atoms with Crippen LogP contribution in [0, 0.1) is 5.82 Å². The summed E-state index contributed by atoms with van der Waals surface area (Å²) in [5.41, 5.74) is 1.09. The van der Waals surface area contributed by atoms with Crippen molar-refractivity contribution in [3.05, 3.63) is 82.6 Å². The van der Waals surface area contributed by atoms with Gasteiger partial charge in [0.1, 0.15) is 5.82 Å². The van der Waals surface area contributed by atoms with Crippen LogP contribution in [0.2, 0.25) is 0 Å².